The van der Waals surface area contributed by atoms with E-state index in [-0.39, 0.29) is 11.4 Å². The van der Waals surface area contributed by atoms with Crippen LogP contribution in [0.1, 0.15) is 16.2 Å². The third-order valence-corrected chi connectivity index (χ3v) is 2.22. The molecule has 0 saturated carbocycles. The van der Waals surface area contributed by atoms with Gasteiger partial charge in [0, 0.05) is 0 Å². The normalized spacial score (nSPS) is 11.5. The van der Waals surface area contributed by atoms with Gasteiger partial charge in [-0.1, -0.05) is 12.1 Å². The molecule has 0 saturated heterocycles. The van der Waals surface area contributed by atoms with Crippen LogP contribution < -0.4 is 0 Å². The van der Waals surface area contributed by atoms with Crippen molar-refractivity contribution in [1.29, 1.82) is 0 Å². The van der Waals surface area contributed by atoms with Crippen LogP contribution in [-0.4, -0.2) is 27.2 Å². The zero-order valence-electron chi connectivity index (χ0n) is 9.05. The van der Waals surface area contributed by atoms with Gasteiger partial charge in [0.05, 0.1) is 12.1 Å². The molecule has 0 amide bonds. The minimum Gasteiger partial charge on any atom is -0.294 e. The highest BCUT2D eigenvalue weighted by molar-refractivity contribution is 5.68. The maximum absolute atomic E-state index is 12.1. The summed E-state index contributed by atoms with van der Waals surface area (Å²) in [5, 5.41) is 3.82. The van der Waals surface area contributed by atoms with E-state index >= 15 is 0 Å². The number of carbonyl (C=O) groups is 1. The fourth-order valence-corrected chi connectivity index (χ4v) is 1.45. The minimum atomic E-state index is -4.22. The van der Waals surface area contributed by atoms with E-state index in [4.69, 9.17) is 0 Å². The molecule has 0 fully saturated rings. The molecule has 0 N–H and O–H groups in total. The number of aldehydes is 1. The number of nitrogens with zero attached hydrogens (tertiary/aromatic N) is 3. The predicted octanol–water partition coefficient (Wildman–Crippen LogP) is 2.18. The van der Waals surface area contributed by atoms with Crippen molar-refractivity contribution in [3.8, 4) is 5.69 Å². The Bertz CT molecular complexity index is 545. The number of halogens is 3. The van der Waals surface area contributed by atoms with E-state index < -0.39 is 12.6 Å². The largest absolute Gasteiger partial charge is 0.393 e. The number of hydrogen-bond donors (Lipinski definition) is 0. The monoisotopic (exact) mass is 255 g/mol. The average Bonchev–Trinajstić information content (AvgIpc) is 2.76. The standard InChI is InChI=1S/C11H8F3N3O/c12-11(13,14)5-8-1-3-9(4-2-8)17-7-15-10(6-18)16-17/h1-4,6-7H,5H2. The summed E-state index contributed by atoms with van der Waals surface area (Å²) in [5.41, 5.74) is 0.712. The lowest BCUT2D eigenvalue weighted by Gasteiger charge is -2.07. The molecule has 0 radical (unpaired) electrons. The molecule has 1 heterocycles. The summed E-state index contributed by atoms with van der Waals surface area (Å²) in [6.07, 6.45) is -3.37. The Balaban J connectivity index is 2.19. The lowest BCUT2D eigenvalue weighted by molar-refractivity contribution is -0.127. The van der Waals surface area contributed by atoms with Crippen LogP contribution in [-0.2, 0) is 6.42 Å². The summed E-state index contributed by atoms with van der Waals surface area (Å²) < 4.78 is 37.8. The fraction of sp³-hybridized carbons (Fsp3) is 0.182. The quantitative estimate of drug-likeness (QED) is 0.790. The van der Waals surface area contributed by atoms with Crippen molar-refractivity contribution < 1.29 is 18.0 Å². The van der Waals surface area contributed by atoms with Gasteiger partial charge < -0.3 is 0 Å². The van der Waals surface area contributed by atoms with Crippen molar-refractivity contribution in [3.63, 3.8) is 0 Å². The molecule has 2 aromatic rings. The highest BCUT2D eigenvalue weighted by Crippen LogP contribution is 2.21. The second kappa shape index (κ2) is 4.59. The molecule has 7 heteroatoms. The van der Waals surface area contributed by atoms with Gasteiger partial charge in [-0.15, -0.1) is 5.10 Å². The first-order chi connectivity index (χ1) is 8.48. The molecular formula is C11H8F3N3O. The number of hydrogen-bond acceptors (Lipinski definition) is 3. The van der Waals surface area contributed by atoms with Gasteiger partial charge in [-0.3, -0.25) is 4.79 Å². The Morgan fingerprint density at radius 1 is 1.22 bits per heavy atom. The number of rotatable bonds is 3. The molecular weight excluding hydrogens is 247 g/mol. The summed E-state index contributed by atoms with van der Waals surface area (Å²) in [4.78, 5) is 14.1. The average molecular weight is 255 g/mol. The zero-order chi connectivity index (χ0) is 13.2. The highest BCUT2D eigenvalue weighted by Gasteiger charge is 2.27. The van der Waals surface area contributed by atoms with Gasteiger partial charge in [0.1, 0.15) is 6.33 Å². The van der Waals surface area contributed by atoms with Gasteiger partial charge >= 0.3 is 6.18 Å². The van der Waals surface area contributed by atoms with Crippen LogP contribution in [0.2, 0.25) is 0 Å². The van der Waals surface area contributed by atoms with Crippen LogP contribution in [0.3, 0.4) is 0 Å². The van der Waals surface area contributed by atoms with Gasteiger partial charge in [-0.05, 0) is 17.7 Å². The van der Waals surface area contributed by atoms with Gasteiger partial charge in [0.25, 0.3) is 0 Å². The Hall–Kier alpha value is -2.18. The fourth-order valence-electron chi connectivity index (χ4n) is 1.45. The number of alkyl halides is 3. The number of aromatic nitrogens is 3. The van der Waals surface area contributed by atoms with Crippen LogP contribution in [0.15, 0.2) is 30.6 Å². The van der Waals surface area contributed by atoms with Gasteiger partial charge in [-0.2, -0.15) is 13.2 Å². The topological polar surface area (TPSA) is 47.8 Å². The van der Waals surface area contributed by atoms with Crippen molar-refractivity contribution in [2.45, 2.75) is 12.6 Å². The first kappa shape index (κ1) is 12.3. The van der Waals surface area contributed by atoms with Crippen molar-refractivity contribution in [2.24, 2.45) is 0 Å². The first-order valence-corrected chi connectivity index (χ1v) is 5.01. The molecule has 0 bridgehead atoms. The van der Waals surface area contributed by atoms with Crippen molar-refractivity contribution >= 4 is 6.29 Å². The molecule has 0 aliphatic carbocycles. The summed E-state index contributed by atoms with van der Waals surface area (Å²) >= 11 is 0. The molecule has 4 nitrogen and oxygen atoms in total. The van der Waals surface area contributed by atoms with Crippen LogP contribution in [0.5, 0.6) is 0 Å². The maximum atomic E-state index is 12.1. The maximum Gasteiger partial charge on any atom is 0.393 e. The first-order valence-electron chi connectivity index (χ1n) is 5.01. The summed E-state index contributed by atoms with van der Waals surface area (Å²) in [6.45, 7) is 0. The van der Waals surface area contributed by atoms with Gasteiger partial charge in [0.2, 0.25) is 5.82 Å². The van der Waals surface area contributed by atoms with Gasteiger partial charge in [-0.25, -0.2) is 9.67 Å². The predicted molar refractivity (Wildman–Crippen MR) is 56.5 cm³/mol. The smallest absolute Gasteiger partial charge is 0.294 e. The lowest BCUT2D eigenvalue weighted by atomic mass is 10.1. The van der Waals surface area contributed by atoms with E-state index in [2.05, 4.69) is 10.1 Å². The SMILES string of the molecule is O=Cc1ncn(-c2ccc(CC(F)(F)F)cc2)n1. The van der Waals surface area contributed by atoms with Gasteiger partial charge in [0.15, 0.2) is 6.29 Å². The number of carbonyl (C=O) groups excluding carboxylic acids is 1. The van der Waals surface area contributed by atoms with Crippen molar-refractivity contribution in [1.82, 2.24) is 14.8 Å². The Morgan fingerprint density at radius 2 is 1.89 bits per heavy atom. The van der Waals surface area contributed by atoms with E-state index in [0.29, 0.717) is 12.0 Å². The van der Waals surface area contributed by atoms with E-state index in [1.54, 1.807) is 0 Å². The van der Waals surface area contributed by atoms with Crippen molar-refractivity contribution in [3.05, 3.63) is 42.0 Å². The molecule has 1 aromatic heterocycles. The molecule has 18 heavy (non-hydrogen) atoms. The van der Waals surface area contributed by atoms with Crippen LogP contribution >= 0.6 is 0 Å². The summed E-state index contributed by atoms with van der Waals surface area (Å²) in [6, 6.07) is 5.71. The molecule has 0 aliphatic heterocycles. The molecule has 94 valence electrons. The summed E-state index contributed by atoms with van der Waals surface area (Å²) in [7, 11) is 0. The van der Waals surface area contributed by atoms with Crippen LogP contribution in [0.4, 0.5) is 13.2 Å². The third-order valence-electron chi connectivity index (χ3n) is 2.22. The molecule has 2 rings (SSSR count). The van der Waals surface area contributed by atoms with E-state index in [9.17, 15) is 18.0 Å². The van der Waals surface area contributed by atoms with Crippen LogP contribution in [0, 0.1) is 0 Å². The lowest BCUT2D eigenvalue weighted by Crippen LogP contribution is -2.11. The van der Waals surface area contributed by atoms with Crippen molar-refractivity contribution in [2.75, 3.05) is 0 Å². The molecule has 0 unspecified atom stereocenters. The van der Waals surface area contributed by atoms with E-state index in [1.807, 2.05) is 0 Å². The molecule has 0 spiro atoms. The molecule has 0 aliphatic rings. The second-order valence-corrected chi connectivity index (χ2v) is 3.62. The second-order valence-electron chi connectivity index (χ2n) is 3.62. The molecule has 0 atom stereocenters. The zero-order valence-corrected chi connectivity index (χ0v) is 9.05. The van der Waals surface area contributed by atoms with E-state index in [0.717, 1.165) is 0 Å². The third kappa shape index (κ3) is 2.93. The Labute approximate surface area is 100 Å². The number of benzene rings is 1. The van der Waals surface area contributed by atoms with E-state index in [1.165, 1.54) is 35.3 Å². The molecule has 1 aromatic carbocycles. The summed E-state index contributed by atoms with van der Waals surface area (Å²) in [5.74, 6) is 0.0226. The highest BCUT2D eigenvalue weighted by atomic mass is 19.4. The Kier molecular flexibility index (Phi) is 3.14. The Morgan fingerprint density at radius 3 is 2.39 bits per heavy atom. The minimum absolute atomic E-state index is 0.0226. The van der Waals surface area contributed by atoms with Crippen LogP contribution in [0.25, 0.3) is 5.69 Å².